The summed E-state index contributed by atoms with van der Waals surface area (Å²) in [5.74, 6) is 1.39. The molecule has 0 bridgehead atoms. The molecule has 0 amide bonds. The van der Waals surface area contributed by atoms with Crippen molar-refractivity contribution in [3.8, 4) is 5.75 Å². The highest BCUT2D eigenvalue weighted by molar-refractivity contribution is 9.10. The Labute approximate surface area is 173 Å². The van der Waals surface area contributed by atoms with Gasteiger partial charge in [0.05, 0.1) is 22.2 Å². The van der Waals surface area contributed by atoms with Gasteiger partial charge in [-0.3, -0.25) is 4.55 Å². The lowest BCUT2D eigenvalue weighted by Gasteiger charge is -2.12. The molecule has 2 aromatic rings. The highest BCUT2D eigenvalue weighted by Crippen LogP contribution is 2.25. The van der Waals surface area contributed by atoms with Gasteiger partial charge in [0, 0.05) is 12.5 Å². The minimum atomic E-state index is -4.03. The number of likely N-dealkylation sites (tertiary alicyclic amines) is 1. The molecule has 2 heterocycles. The number of rotatable bonds is 4. The van der Waals surface area contributed by atoms with Crippen LogP contribution in [0.2, 0.25) is 5.15 Å². The number of ether oxygens (including phenoxy) is 1. The van der Waals surface area contributed by atoms with Gasteiger partial charge in [0.15, 0.2) is 0 Å². The van der Waals surface area contributed by atoms with Gasteiger partial charge in [-0.1, -0.05) is 29.8 Å². The number of aryl methyl sites for hydroxylation is 1. The van der Waals surface area contributed by atoms with E-state index in [1.165, 1.54) is 12.5 Å². The maximum atomic E-state index is 10.6. The predicted molar refractivity (Wildman–Crippen MR) is 109 cm³/mol. The molecule has 1 aliphatic rings. The van der Waals surface area contributed by atoms with Gasteiger partial charge in [0.2, 0.25) is 0 Å². The van der Waals surface area contributed by atoms with E-state index in [0.717, 1.165) is 29.9 Å². The monoisotopic (exact) mass is 476 g/mol. The fourth-order valence-corrected chi connectivity index (χ4v) is 3.86. The average Bonchev–Trinajstić information content (AvgIpc) is 3.01. The Kier molecular flexibility index (Phi) is 8.05. The van der Waals surface area contributed by atoms with E-state index < -0.39 is 10.1 Å². The van der Waals surface area contributed by atoms with Crippen molar-refractivity contribution in [3.63, 3.8) is 0 Å². The molecule has 0 saturated carbocycles. The Hall–Kier alpha value is -1.19. The fraction of sp³-hybridized carbons (Fsp3) is 0.389. The molecule has 0 radical (unpaired) electrons. The van der Waals surface area contributed by atoms with Gasteiger partial charge in [-0.25, -0.2) is 4.98 Å². The van der Waals surface area contributed by atoms with Crippen LogP contribution in [0, 0.1) is 12.8 Å². The lowest BCUT2D eigenvalue weighted by molar-refractivity contribution is 0.248. The first-order chi connectivity index (χ1) is 12.7. The number of aromatic nitrogens is 1. The molecule has 27 heavy (non-hydrogen) atoms. The van der Waals surface area contributed by atoms with Crippen LogP contribution >= 0.6 is 27.5 Å². The maximum Gasteiger partial charge on any atom is 0.294 e. The van der Waals surface area contributed by atoms with E-state index in [1.54, 1.807) is 31.3 Å². The van der Waals surface area contributed by atoms with Gasteiger partial charge < -0.3 is 9.64 Å². The van der Waals surface area contributed by atoms with Gasteiger partial charge in [-0.05, 0) is 60.6 Å². The number of pyridine rings is 1. The summed E-state index contributed by atoms with van der Waals surface area (Å²) in [4.78, 5) is 6.32. The molecule has 1 aliphatic heterocycles. The Morgan fingerprint density at radius 1 is 1.41 bits per heavy atom. The number of halogens is 2. The van der Waals surface area contributed by atoms with Crippen molar-refractivity contribution in [2.24, 2.45) is 5.92 Å². The lowest BCUT2D eigenvalue weighted by Crippen LogP contribution is -2.17. The van der Waals surface area contributed by atoms with Gasteiger partial charge in [-0.15, -0.1) is 0 Å². The predicted octanol–water partition coefficient (Wildman–Crippen LogP) is 4.07. The molecular formula is C18H22BrClN2O4S. The fourth-order valence-electron chi connectivity index (χ4n) is 2.70. The molecule has 9 heteroatoms. The van der Waals surface area contributed by atoms with Crippen molar-refractivity contribution in [3.05, 3.63) is 51.7 Å². The smallest absolute Gasteiger partial charge is 0.294 e. The topological polar surface area (TPSA) is 79.7 Å². The molecule has 1 N–H and O–H groups in total. The average molecular weight is 478 g/mol. The second-order valence-electron chi connectivity index (χ2n) is 6.41. The molecule has 6 nitrogen and oxygen atoms in total. The van der Waals surface area contributed by atoms with Crippen molar-refractivity contribution in [2.75, 3.05) is 26.7 Å². The Balaban J connectivity index is 0.000000208. The van der Waals surface area contributed by atoms with Crippen molar-refractivity contribution in [2.45, 2.75) is 18.2 Å². The van der Waals surface area contributed by atoms with E-state index in [4.69, 9.17) is 20.9 Å². The Bertz CT molecular complexity index is 879. The number of nitrogens with zero attached hydrogens (tertiary/aromatic N) is 2. The summed E-state index contributed by atoms with van der Waals surface area (Å²) in [5.41, 5.74) is 0.551. The van der Waals surface area contributed by atoms with Crippen molar-refractivity contribution < 1.29 is 17.7 Å². The molecule has 1 atom stereocenters. The first-order valence-corrected chi connectivity index (χ1v) is 10.9. The van der Waals surface area contributed by atoms with Crippen LogP contribution in [-0.4, -0.2) is 49.6 Å². The molecule has 3 rings (SSSR count). The standard InChI is InChI=1S/C11H14BrClN2O.C7H8O3S/c1-15-3-2-8(6-15)7-16-9-4-10(12)11(13)14-5-9;1-6-4-2-3-5-7(6)11(8,9)10/h4-5,8H,2-3,6-7H2,1H3;2-5H,1H3,(H,8,9,10). The molecule has 1 aromatic heterocycles. The second kappa shape index (κ2) is 9.84. The van der Waals surface area contributed by atoms with Crippen LogP contribution in [0.15, 0.2) is 45.9 Å². The SMILES string of the molecule is CN1CCC(COc2cnc(Cl)c(Br)c2)C1.Cc1ccccc1S(=O)(=O)O. The molecule has 0 aliphatic carbocycles. The van der Waals surface area contributed by atoms with E-state index in [9.17, 15) is 8.42 Å². The summed E-state index contributed by atoms with van der Waals surface area (Å²) in [6.45, 7) is 4.65. The first kappa shape index (κ1) is 22.1. The summed E-state index contributed by atoms with van der Waals surface area (Å²) in [6, 6.07) is 8.13. The highest BCUT2D eigenvalue weighted by Gasteiger charge is 2.20. The molecular weight excluding hydrogens is 456 g/mol. The summed E-state index contributed by atoms with van der Waals surface area (Å²) >= 11 is 9.13. The quantitative estimate of drug-likeness (QED) is 0.528. The molecule has 1 aromatic carbocycles. The third-order valence-electron chi connectivity index (χ3n) is 4.12. The number of hydrogen-bond donors (Lipinski definition) is 1. The zero-order valence-electron chi connectivity index (χ0n) is 15.1. The zero-order chi connectivity index (χ0) is 20.0. The minimum Gasteiger partial charge on any atom is -0.492 e. The molecule has 148 valence electrons. The lowest BCUT2D eigenvalue weighted by atomic mass is 10.1. The van der Waals surface area contributed by atoms with Crippen molar-refractivity contribution in [1.29, 1.82) is 0 Å². The van der Waals surface area contributed by atoms with Crippen LogP contribution in [-0.2, 0) is 10.1 Å². The first-order valence-electron chi connectivity index (χ1n) is 8.32. The summed E-state index contributed by atoms with van der Waals surface area (Å²) in [6.07, 6.45) is 2.87. The van der Waals surface area contributed by atoms with Crippen molar-refractivity contribution >= 4 is 37.6 Å². The molecule has 1 fully saturated rings. The number of hydrogen-bond acceptors (Lipinski definition) is 5. The molecule has 1 unspecified atom stereocenters. The second-order valence-corrected chi connectivity index (χ2v) is 9.01. The van der Waals surface area contributed by atoms with Gasteiger partial charge in [0.25, 0.3) is 10.1 Å². The highest BCUT2D eigenvalue weighted by atomic mass is 79.9. The third-order valence-corrected chi connectivity index (χ3v) is 6.27. The summed E-state index contributed by atoms with van der Waals surface area (Å²) in [7, 11) is -1.89. The normalized spacial score (nSPS) is 17.3. The Morgan fingerprint density at radius 2 is 2.11 bits per heavy atom. The van der Waals surface area contributed by atoms with Crippen LogP contribution in [0.1, 0.15) is 12.0 Å². The van der Waals surface area contributed by atoms with E-state index in [-0.39, 0.29) is 4.90 Å². The van der Waals surface area contributed by atoms with Crippen LogP contribution in [0.5, 0.6) is 5.75 Å². The van der Waals surface area contributed by atoms with Crippen LogP contribution in [0.25, 0.3) is 0 Å². The summed E-state index contributed by atoms with van der Waals surface area (Å²) < 4.78 is 36.3. The van der Waals surface area contributed by atoms with E-state index in [0.29, 0.717) is 16.6 Å². The van der Waals surface area contributed by atoms with Gasteiger partial charge in [0.1, 0.15) is 10.9 Å². The zero-order valence-corrected chi connectivity index (χ0v) is 18.3. The molecule has 0 spiro atoms. The minimum absolute atomic E-state index is 0.0278. The van der Waals surface area contributed by atoms with Crippen molar-refractivity contribution in [1.82, 2.24) is 9.88 Å². The van der Waals surface area contributed by atoms with E-state index >= 15 is 0 Å². The molecule has 1 saturated heterocycles. The van der Waals surface area contributed by atoms with E-state index in [2.05, 4.69) is 32.9 Å². The van der Waals surface area contributed by atoms with Crippen LogP contribution < -0.4 is 4.74 Å². The third kappa shape index (κ3) is 7.04. The maximum absolute atomic E-state index is 10.6. The van der Waals surface area contributed by atoms with E-state index in [1.807, 2.05) is 6.07 Å². The van der Waals surface area contributed by atoms with Crippen LogP contribution in [0.4, 0.5) is 0 Å². The van der Waals surface area contributed by atoms with Crippen LogP contribution in [0.3, 0.4) is 0 Å². The van der Waals surface area contributed by atoms with Gasteiger partial charge in [-0.2, -0.15) is 8.42 Å². The van der Waals surface area contributed by atoms with Gasteiger partial charge >= 0.3 is 0 Å². The summed E-state index contributed by atoms with van der Waals surface area (Å²) in [5, 5.41) is 0.466. The Morgan fingerprint density at radius 3 is 2.63 bits per heavy atom. The number of benzene rings is 1. The largest absolute Gasteiger partial charge is 0.492 e.